The van der Waals surface area contributed by atoms with Crippen molar-refractivity contribution in [2.75, 3.05) is 0 Å². The lowest BCUT2D eigenvalue weighted by Gasteiger charge is -2.24. The molecular weight excluding hydrogens is 403 g/mol. The van der Waals surface area contributed by atoms with Crippen molar-refractivity contribution in [2.45, 2.75) is 86.7 Å². The SMILES string of the molecule is CC.CC.CCc1cc(C)c(C)cc1CN(C(=O)c1c(C(F)F)nn(C)c1F)C1CC1. The Kier molecular flexibility index (Phi) is 10.3. The van der Waals surface area contributed by atoms with Gasteiger partial charge in [0, 0.05) is 19.6 Å². The van der Waals surface area contributed by atoms with Gasteiger partial charge in [0.15, 0.2) is 0 Å². The van der Waals surface area contributed by atoms with E-state index in [4.69, 9.17) is 0 Å². The van der Waals surface area contributed by atoms with E-state index in [2.05, 4.69) is 11.2 Å². The van der Waals surface area contributed by atoms with E-state index < -0.39 is 29.5 Å². The fourth-order valence-electron chi connectivity index (χ4n) is 3.37. The van der Waals surface area contributed by atoms with E-state index in [9.17, 15) is 18.0 Å². The summed E-state index contributed by atoms with van der Waals surface area (Å²) >= 11 is 0. The summed E-state index contributed by atoms with van der Waals surface area (Å²) in [6.45, 7) is 14.3. The molecule has 0 saturated heterocycles. The van der Waals surface area contributed by atoms with E-state index in [1.807, 2.05) is 54.5 Å². The van der Waals surface area contributed by atoms with Crippen LogP contribution in [0.1, 0.15) is 92.2 Å². The van der Waals surface area contributed by atoms with Crippen molar-refractivity contribution in [3.63, 3.8) is 0 Å². The molecule has 31 heavy (non-hydrogen) atoms. The van der Waals surface area contributed by atoms with E-state index in [-0.39, 0.29) is 12.6 Å². The number of aromatic nitrogens is 2. The third-order valence-electron chi connectivity index (χ3n) is 5.21. The molecule has 0 bridgehead atoms. The first-order valence-electron chi connectivity index (χ1n) is 11.1. The molecule has 1 aromatic heterocycles. The summed E-state index contributed by atoms with van der Waals surface area (Å²) in [5, 5.41) is 3.50. The molecule has 1 aliphatic rings. The maximum atomic E-state index is 14.4. The summed E-state index contributed by atoms with van der Waals surface area (Å²) in [4.78, 5) is 14.6. The Morgan fingerprint density at radius 2 is 1.65 bits per heavy atom. The van der Waals surface area contributed by atoms with Gasteiger partial charge >= 0.3 is 0 Å². The molecule has 1 amide bonds. The number of carbonyl (C=O) groups is 1. The first kappa shape index (κ1) is 26.7. The van der Waals surface area contributed by atoms with Crippen LogP contribution >= 0.6 is 0 Å². The molecule has 0 spiro atoms. The first-order valence-corrected chi connectivity index (χ1v) is 11.1. The van der Waals surface area contributed by atoms with Gasteiger partial charge in [-0.25, -0.2) is 13.5 Å². The van der Waals surface area contributed by atoms with Crippen molar-refractivity contribution in [3.05, 3.63) is 51.6 Å². The summed E-state index contributed by atoms with van der Waals surface area (Å²) in [6, 6.07) is 4.08. The molecule has 1 fully saturated rings. The van der Waals surface area contributed by atoms with E-state index in [1.165, 1.54) is 11.9 Å². The van der Waals surface area contributed by atoms with Crippen molar-refractivity contribution < 1.29 is 18.0 Å². The van der Waals surface area contributed by atoms with Gasteiger partial charge in [0.1, 0.15) is 11.3 Å². The monoisotopic (exact) mass is 439 g/mol. The molecule has 0 radical (unpaired) electrons. The predicted molar refractivity (Wildman–Crippen MR) is 119 cm³/mol. The zero-order valence-corrected chi connectivity index (χ0v) is 20.0. The number of halogens is 3. The van der Waals surface area contributed by atoms with Crippen LogP contribution in [0.2, 0.25) is 0 Å². The molecule has 3 rings (SSSR count). The number of alkyl halides is 2. The summed E-state index contributed by atoms with van der Waals surface area (Å²) in [7, 11) is 1.22. The second kappa shape index (κ2) is 11.9. The van der Waals surface area contributed by atoms with E-state index >= 15 is 0 Å². The molecule has 0 N–H and O–H groups in total. The molecular formula is C24H36F3N3O. The Labute approximate surface area is 184 Å². The normalized spacial score (nSPS) is 12.6. The maximum absolute atomic E-state index is 14.4. The van der Waals surface area contributed by atoms with Crippen LogP contribution < -0.4 is 0 Å². The van der Waals surface area contributed by atoms with Gasteiger partial charge in [0.05, 0.1) is 0 Å². The van der Waals surface area contributed by atoms with Crippen molar-refractivity contribution in [3.8, 4) is 0 Å². The Hall–Kier alpha value is -2.31. The molecule has 2 aromatic rings. The summed E-state index contributed by atoms with van der Waals surface area (Å²) < 4.78 is 41.7. The van der Waals surface area contributed by atoms with Crippen molar-refractivity contribution in [1.82, 2.24) is 14.7 Å². The molecule has 7 heteroatoms. The number of carbonyl (C=O) groups excluding carboxylic acids is 1. The first-order chi connectivity index (χ1) is 14.7. The highest BCUT2D eigenvalue weighted by atomic mass is 19.3. The Bertz CT molecular complexity index is 873. The molecule has 1 aromatic carbocycles. The zero-order valence-electron chi connectivity index (χ0n) is 20.0. The minimum atomic E-state index is -3.01. The number of amides is 1. The average Bonchev–Trinajstić information content (AvgIpc) is 3.56. The van der Waals surface area contributed by atoms with Gasteiger partial charge in [-0.05, 0) is 55.4 Å². The second-order valence-electron chi connectivity index (χ2n) is 7.20. The highest BCUT2D eigenvalue weighted by Crippen LogP contribution is 2.33. The highest BCUT2D eigenvalue weighted by Gasteiger charge is 2.38. The number of aryl methyl sites for hydroxylation is 4. The minimum absolute atomic E-state index is 0.0473. The molecule has 4 nitrogen and oxygen atoms in total. The Morgan fingerprint density at radius 1 is 1.13 bits per heavy atom. The number of rotatable bonds is 6. The lowest BCUT2D eigenvalue weighted by Crippen LogP contribution is -2.34. The third-order valence-corrected chi connectivity index (χ3v) is 5.21. The van der Waals surface area contributed by atoms with Gasteiger partial charge in [-0.3, -0.25) is 4.79 Å². The van der Waals surface area contributed by atoms with Crippen LogP contribution in [0.15, 0.2) is 12.1 Å². The van der Waals surface area contributed by atoms with E-state index in [0.717, 1.165) is 41.5 Å². The van der Waals surface area contributed by atoms with Crippen LogP contribution in [0, 0.1) is 19.8 Å². The van der Waals surface area contributed by atoms with Gasteiger partial charge < -0.3 is 4.90 Å². The van der Waals surface area contributed by atoms with Crippen LogP contribution in [0.25, 0.3) is 0 Å². The Balaban J connectivity index is 0.00000113. The molecule has 0 atom stereocenters. The van der Waals surface area contributed by atoms with Gasteiger partial charge in [-0.15, -0.1) is 0 Å². The largest absolute Gasteiger partial charge is 0.331 e. The van der Waals surface area contributed by atoms with Crippen molar-refractivity contribution in [1.29, 1.82) is 0 Å². The Morgan fingerprint density at radius 3 is 2.10 bits per heavy atom. The van der Waals surface area contributed by atoms with Crippen LogP contribution in [-0.4, -0.2) is 26.6 Å². The van der Waals surface area contributed by atoms with Crippen LogP contribution in [-0.2, 0) is 20.0 Å². The summed E-state index contributed by atoms with van der Waals surface area (Å²) in [5.74, 6) is -1.73. The number of hydrogen-bond acceptors (Lipinski definition) is 2. The fraction of sp³-hybridized carbons (Fsp3) is 0.583. The van der Waals surface area contributed by atoms with Crippen LogP contribution in [0.3, 0.4) is 0 Å². The molecule has 174 valence electrons. The predicted octanol–water partition coefficient (Wildman–Crippen LogP) is 6.53. The summed E-state index contributed by atoms with van der Waals surface area (Å²) in [5.41, 5.74) is 2.95. The number of nitrogens with zero attached hydrogens (tertiary/aromatic N) is 3. The fourth-order valence-corrected chi connectivity index (χ4v) is 3.37. The second-order valence-corrected chi connectivity index (χ2v) is 7.20. The maximum Gasteiger partial charge on any atom is 0.283 e. The van der Waals surface area contributed by atoms with Gasteiger partial charge in [0.2, 0.25) is 5.95 Å². The molecule has 1 heterocycles. The highest BCUT2D eigenvalue weighted by molar-refractivity contribution is 5.96. The molecule has 1 saturated carbocycles. The summed E-state index contributed by atoms with van der Waals surface area (Å²) in [6.07, 6.45) is -0.617. The smallest absolute Gasteiger partial charge is 0.283 e. The van der Waals surface area contributed by atoms with Gasteiger partial charge in [-0.2, -0.15) is 9.49 Å². The number of hydrogen-bond donors (Lipinski definition) is 0. The van der Waals surface area contributed by atoms with Gasteiger partial charge in [-0.1, -0.05) is 46.8 Å². The molecule has 0 unspecified atom stereocenters. The van der Waals surface area contributed by atoms with Crippen molar-refractivity contribution >= 4 is 5.91 Å². The standard InChI is InChI=1S/C20H24F3N3O.2C2H6/c1-5-13-8-11(2)12(3)9-14(13)10-26(15-6-7-15)20(27)16-17(18(21)22)24-25(4)19(16)23;2*1-2/h8-9,15,18H,5-7,10H2,1-4H3;2*1-2H3. The van der Waals surface area contributed by atoms with E-state index in [1.54, 1.807) is 0 Å². The third kappa shape index (κ3) is 6.11. The lowest BCUT2D eigenvalue weighted by molar-refractivity contribution is 0.0711. The van der Waals surface area contributed by atoms with Crippen LogP contribution in [0.4, 0.5) is 13.2 Å². The minimum Gasteiger partial charge on any atom is -0.331 e. The average molecular weight is 440 g/mol. The topological polar surface area (TPSA) is 38.1 Å². The van der Waals surface area contributed by atoms with Crippen LogP contribution in [0.5, 0.6) is 0 Å². The van der Waals surface area contributed by atoms with Gasteiger partial charge in [0.25, 0.3) is 12.3 Å². The molecule has 0 aliphatic heterocycles. The lowest BCUT2D eigenvalue weighted by atomic mass is 9.97. The molecule has 1 aliphatic carbocycles. The number of benzene rings is 1. The van der Waals surface area contributed by atoms with Crippen molar-refractivity contribution in [2.24, 2.45) is 7.05 Å². The quantitative estimate of drug-likeness (QED) is 0.513. The van der Waals surface area contributed by atoms with E-state index in [0.29, 0.717) is 4.68 Å². The zero-order chi connectivity index (χ0) is 23.9.